The van der Waals surface area contributed by atoms with Crippen molar-refractivity contribution in [2.24, 2.45) is 5.73 Å². The molecule has 0 aromatic heterocycles. The van der Waals surface area contributed by atoms with E-state index in [9.17, 15) is 4.79 Å². The lowest BCUT2D eigenvalue weighted by Crippen LogP contribution is -2.45. The summed E-state index contributed by atoms with van der Waals surface area (Å²) in [5.41, 5.74) is 6.28. The molecular weight excluding hydrogens is 307 g/mol. The second-order valence-electron chi connectivity index (χ2n) is 4.72. The summed E-state index contributed by atoms with van der Waals surface area (Å²) in [6.45, 7) is 3.10. The van der Waals surface area contributed by atoms with Crippen LogP contribution in [0.1, 0.15) is 25.3 Å². The van der Waals surface area contributed by atoms with Crippen molar-refractivity contribution in [1.29, 1.82) is 0 Å². The zero-order valence-electron chi connectivity index (χ0n) is 10.7. The zero-order chi connectivity index (χ0) is 13.3. The number of nitrogens with two attached hydrogens (primary N) is 1. The van der Waals surface area contributed by atoms with Crippen LogP contribution in [0.15, 0.2) is 18.2 Å². The van der Waals surface area contributed by atoms with Gasteiger partial charge in [-0.3, -0.25) is 4.79 Å². The minimum atomic E-state index is -0.619. The normalized spacial score (nSPS) is 15.6. The van der Waals surface area contributed by atoms with Crippen LogP contribution in [-0.4, -0.2) is 22.9 Å². The van der Waals surface area contributed by atoms with E-state index in [0.29, 0.717) is 23.1 Å². The summed E-state index contributed by atoms with van der Waals surface area (Å²) < 4.78 is 0. The summed E-state index contributed by atoms with van der Waals surface area (Å²) in [4.78, 5) is 13.9. The number of benzene rings is 1. The lowest BCUT2D eigenvalue weighted by molar-refractivity contribution is -0.134. The molecule has 0 heterocycles. The van der Waals surface area contributed by atoms with Gasteiger partial charge < -0.3 is 10.6 Å². The second-order valence-corrected chi connectivity index (χ2v) is 5.54. The zero-order valence-corrected chi connectivity index (χ0v) is 13.0. The van der Waals surface area contributed by atoms with Gasteiger partial charge in [-0.25, -0.2) is 0 Å². The van der Waals surface area contributed by atoms with E-state index in [1.54, 1.807) is 17.0 Å². The van der Waals surface area contributed by atoms with Crippen LogP contribution in [0.2, 0.25) is 10.0 Å². The quantitative estimate of drug-likeness (QED) is 0.924. The molecule has 0 atom stereocenters. The summed E-state index contributed by atoms with van der Waals surface area (Å²) in [5, 5.41) is 1.03. The minimum Gasteiger partial charge on any atom is -0.337 e. The Bertz CT molecular complexity index is 475. The molecule has 2 rings (SSSR count). The smallest absolute Gasteiger partial charge is 0.242 e. The molecule has 1 aromatic rings. The first-order valence-electron chi connectivity index (χ1n) is 5.98. The summed E-state index contributed by atoms with van der Waals surface area (Å²) in [5.74, 6) is 0.0241. The molecule has 3 nitrogen and oxygen atoms in total. The summed E-state index contributed by atoms with van der Waals surface area (Å²) in [6.07, 6.45) is 1.56. The number of nitrogens with zero attached hydrogens (tertiary/aromatic N) is 1. The average Bonchev–Trinajstić information content (AvgIpc) is 3.09. The molecule has 19 heavy (non-hydrogen) atoms. The molecule has 0 spiro atoms. The number of carbonyl (C=O) groups excluding carboxylic acids is 1. The van der Waals surface area contributed by atoms with Gasteiger partial charge in [-0.2, -0.15) is 0 Å². The van der Waals surface area contributed by atoms with Gasteiger partial charge in [-0.15, -0.1) is 12.4 Å². The van der Waals surface area contributed by atoms with Crippen LogP contribution >= 0.6 is 35.6 Å². The highest BCUT2D eigenvalue weighted by molar-refractivity contribution is 6.42. The van der Waals surface area contributed by atoms with E-state index in [4.69, 9.17) is 28.9 Å². The van der Waals surface area contributed by atoms with Crippen LogP contribution in [0.4, 0.5) is 0 Å². The highest BCUT2D eigenvalue weighted by atomic mass is 35.5. The Balaban J connectivity index is 0.00000180. The van der Waals surface area contributed by atoms with Gasteiger partial charge >= 0.3 is 0 Å². The van der Waals surface area contributed by atoms with Crippen molar-refractivity contribution in [2.75, 3.05) is 6.54 Å². The molecule has 1 aliphatic carbocycles. The predicted molar refractivity (Wildman–Crippen MR) is 81.0 cm³/mol. The van der Waals surface area contributed by atoms with E-state index in [-0.39, 0.29) is 18.3 Å². The van der Waals surface area contributed by atoms with Crippen molar-refractivity contribution in [3.05, 3.63) is 33.8 Å². The van der Waals surface area contributed by atoms with Crippen LogP contribution in [-0.2, 0) is 11.3 Å². The van der Waals surface area contributed by atoms with E-state index in [2.05, 4.69) is 0 Å². The van der Waals surface area contributed by atoms with Gasteiger partial charge in [0.2, 0.25) is 5.91 Å². The fourth-order valence-corrected chi connectivity index (χ4v) is 2.17. The molecule has 0 radical (unpaired) electrons. The van der Waals surface area contributed by atoms with Gasteiger partial charge in [0, 0.05) is 13.1 Å². The first-order chi connectivity index (χ1) is 8.46. The second kappa shape index (κ2) is 6.31. The molecule has 0 aliphatic heterocycles. The minimum absolute atomic E-state index is 0. The van der Waals surface area contributed by atoms with Crippen molar-refractivity contribution in [3.63, 3.8) is 0 Å². The fraction of sp³-hybridized carbons (Fsp3) is 0.462. The summed E-state index contributed by atoms with van der Waals surface area (Å²) >= 11 is 11.8. The Morgan fingerprint density at radius 3 is 2.47 bits per heavy atom. The molecule has 1 fully saturated rings. The van der Waals surface area contributed by atoms with Crippen LogP contribution < -0.4 is 5.73 Å². The van der Waals surface area contributed by atoms with Crippen molar-refractivity contribution in [3.8, 4) is 0 Å². The van der Waals surface area contributed by atoms with Crippen molar-refractivity contribution < 1.29 is 4.79 Å². The number of rotatable bonds is 4. The number of likely N-dealkylation sites (N-methyl/N-ethyl adjacent to an activating group) is 1. The number of carbonyl (C=O) groups is 1. The maximum absolute atomic E-state index is 12.2. The van der Waals surface area contributed by atoms with Gasteiger partial charge in [0.25, 0.3) is 0 Å². The highest BCUT2D eigenvalue weighted by Crippen LogP contribution is 2.34. The Kier molecular flexibility index (Phi) is 5.51. The van der Waals surface area contributed by atoms with E-state index in [1.165, 1.54) is 0 Å². The lowest BCUT2D eigenvalue weighted by atomic mass is 10.2. The molecular formula is C13H17Cl3N2O. The molecule has 0 saturated heterocycles. The van der Waals surface area contributed by atoms with E-state index in [1.807, 2.05) is 13.0 Å². The van der Waals surface area contributed by atoms with Gasteiger partial charge in [0.1, 0.15) is 0 Å². The molecule has 2 N–H and O–H groups in total. The van der Waals surface area contributed by atoms with Crippen molar-refractivity contribution in [2.45, 2.75) is 31.8 Å². The molecule has 1 saturated carbocycles. The largest absolute Gasteiger partial charge is 0.337 e. The molecule has 1 aliphatic rings. The first kappa shape index (κ1) is 16.6. The van der Waals surface area contributed by atoms with Crippen LogP contribution in [0, 0.1) is 0 Å². The van der Waals surface area contributed by atoms with E-state index in [0.717, 1.165) is 18.4 Å². The Morgan fingerprint density at radius 1 is 1.37 bits per heavy atom. The molecule has 6 heteroatoms. The van der Waals surface area contributed by atoms with Crippen molar-refractivity contribution in [1.82, 2.24) is 4.90 Å². The third-order valence-electron chi connectivity index (χ3n) is 3.24. The van der Waals surface area contributed by atoms with E-state index < -0.39 is 5.54 Å². The monoisotopic (exact) mass is 322 g/mol. The van der Waals surface area contributed by atoms with E-state index >= 15 is 0 Å². The van der Waals surface area contributed by atoms with Gasteiger partial charge in [0.15, 0.2) is 0 Å². The Labute approximate surface area is 129 Å². The maximum Gasteiger partial charge on any atom is 0.242 e. The van der Waals surface area contributed by atoms with Gasteiger partial charge in [0.05, 0.1) is 15.6 Å². The highest BCUT2D eigenvalue weighted by Gasteiger charge is 2.47. The maximum atomic E-state index is 12.2. The molecule has 1 amide bonds. The number of halogens is 3. The Morgan fingerprint density at radius 2 is 2.00 bits per heavy atom. The van der Waals surface area contributed by atoms with Crippen LogP contribution in [0.3, 0.4) is 0 Å². The topological polar surface area (TPSA) is 46.3 Å². The Hall–Kier alpha value is -0.480. The predicted octanol–water partition coefficient (Wildman–Crippen LogP) is 3.26. The summed E-state index contributed by atoms with van der Waals surface area (Å²) in [6, 6.07) is 5.41. The fourth-order valence-electron chi connectivity index (χ4n) is 1.85. The summed E-state index contributed by atoms with van der Waals surface area (Å²) in [7, 11) is 0. The number of hydrogen-bond donors (Lipinski definition) is 1. The SMILES string of the molecule is CCN(Cc1ccc(Cl)c(Cl)c1)C(=O)C1(N)CC1.Cl. The lowest BCUT2D eigenvalue weighted by Gasteiger charge is -2.24. The van der Waals surface area contributed by atoms with Gasteiger partial charge in [-0.05, 0) is 37.5 Å². The third-order valence-corrected chi connectivity index (χ3v) is 3.98. The number of amides is 1. The average molecular weight is 324 g/mol. The van der Waals surface area contributed by atoms with Crippen LogP contribution in [0.25, 0.3) is 0 Å². The molecule has 0 unspecified atom stereocenters. The molecule has 106 valence electrons. The molecule has 1 aromatic carbocycles. The molecule has 0 bridgehead atoms. The number of hydrogen-bond acceptors (Lipinski definition) is 2. The third kappa shape index (κ3) is 3.76. The standard InChI is InChI=1S/C13H16Cl2N2O.ClH/c1-2-17(12(18)13(16)5-6-13)8-9-3-4-10(14)11(15)7-9;/h3-4,7H,2,5-6,8,16H2,1H3;1H. The van der Waals surface area contributed by atoms with Crippen molar-refractivity contribution >= 4 is 41.5 Å². The van der Waals surface area contributed by atoms with Crippen LogP contribution in [0.5, 0.6) is 0 Å². The first-order valence-corrected chi connectivity index (χ1v) is 6.74. The van der Waals surface area contributed by atoms with Gasteiger partial charge in [-0.1, -0.05) is 29.3 Å².